The second kappa shape index (κ2) is 6.92. The smallest absolute Gasteiger partial charge is 0.307 e. The van der Waals surface area contributed by atoms with Crippen molar-refractivity contribution < 1.29 is 14.7 Å². The molecular weight excluding hydrogens is 300 g/mol. The summed E-state index contributed by atoms with van der Waals surface area (Å²) in [5, 5.41) is 8.82. The Bertz CT molecular complexity index is 865. The molecule has 3 nitrogen and oxygen atoms in total. The van der Waals surface area contributed by atoms with E-state index in [9.17, 15) is 9.59 Å². The molecule has 3 rings (SSSR count). The monoisotopic (exact) mass is 316 g/mol. The zero-order chi connectivity index (χ0) is 16.9. The largest absolute Gasteiger partial charge is 0.481 e. The molecule has 0 unspecified atom stereocenters. The lowest BCUT2D eigenvalue weighted by Crippen LogP contribution is -2.01. The minimum Gasteiger partial charge on any atom is -0.481 e. The molecule has 0 radical (unpaired) electrons. The molecule has 3 aromatic carbocycles. The summed E-state index contributed by atoms with van der Waals surface area (Å²) in [6.45, 7) is 0. The van der Waals surface area contributed by atoms with E-state index in [1.54, 1.807) is 30.3 Å². The molecule has 0 spiro atoms. The number of hydrogen-bond donors (Lipinski definition) is 1. The first kappa shape index (κ1) is 15.7. The summed E-state index contributed by atoms with van der Waals surface area (Å²) in [7, 11) is 0. The fourth-order valence-corrected chi connectivity index (χ4v) is 2.59. The molecule has 0 aliphatic rings. The van der Waals surface area contributed by atoms with E-state index in [0.717, 1.165) is 16.7 Å². The topological polar surface area (TPSA) is 54.4 Å². The second-order valence-electron chi connectivity index (χ2n) is 5.54. The molecule has 0 bridgehead atoms. The van der Waals surface area contributed by atoms with Crippen molar-refractivity contribution in [2.75, 3.05) is 0 Å². The molecule has 3 aromatic rings. The summed E-state index contributed by atoms with van der Waals surface area (Å²) >= 11 is 0. The summed E-state index contributed by atoms with van der Waals surface area (Å²) in [6, 6.07) is 24.0. The first-order valence-electron chi connectivity index (χ1n) is 7.64. The molecule has 0 aliphatic heterocycles. The van der Waals surface area contributed by atoms with Crippen LogP contribution in [-0.2, 0) is 11.2 Å². The maximum Gasteiger partial charge on any atom is 0.307 e. The number of carboxylic acids is 1. The van der Waals surface area contributed by atoms with Crippen molar-refractivity contribution in [1.29, 1.82) is 0 Å². The number of carboxylic acid groups (broad SMARTS) is 1. The highest BCUT2D eigenvalue weighted by molar-refractivity contribution is 6.09. The normalized spacial score (nSPS) is 10.3. The lowest BCUT2D eigenvalue weighted by Gasteiger charge is -2.06. The summed E-state index contributed by atoms with van der Waals surface area (Å²) in [5.41, 5.74) is 3.92. The highest BCUT2D eigenvalue weighted by Gasteiger charge is 2.09. The highest BCUT2D eigenvalue weighted by atomic mass is 16.4. The van der Waals surface area contributed by atoms with Gasteiger partial charge in [-0.05, 0) is 22.8 Å². The number of rotatable bonds is 5. The van der Waals surface area contributed by atoms with Crippen LogP contribution in [0.15, 0.2) is 78.9 Å². The summed E-state index contributed by atoms with van der Waals surface area (Å²) in [4.78, 5) is 23.3. The van der Waals surface area contributed by atoms with Crippen LogP contribution in [-0.4, -0.2) is 16.9 Å². The molecule has 0 saturated carbocycles. The molecule has 0 amide bonds. The third kappa shape index (κ3) is 3.58. The maximum atomic E-state index is 12.5. The highest BCUT2D eigenvalue weighted by Crippen LogP contribution is 2.22. The second-order valence-corrected chi connectivity index (χ2v) is 5.54. The quantitative estimate of drug-likeness (QED) is 0.717. The molecule has 1 N–H and O–H groups in total. The molecule has 0 saturated heterocycles. The van der Waals surface area contributed by atoms with E-state index in [-0.39, 0.29) is 12.2 Å². The van der Waals surface area contributed by atoms with Gasteiger partial charge in [-0.1, -0.05) is 72.8 Å². The summed E-state index contributed by atoms with van der Waals surface area (Å²) < 4.78 is 0. The van der Waals surface area contributed by atoms with Crippen molar-refractivity contribution >= 4 is 11.8 Å². The Labute approximate surface area is 140 Å². The van der Waals surface area contributed by atoms with Crippen LogP contribution in [0.4, 0.5) is 0 Å². The zero-order valence-electron chi connectivity index (χ0n) is 13.0. The van der Waals surface area contributed by atoms with Crippen LogP contribution in [0.25, 0.3) is 11.1 Å². The predicted molar refractivity (Wildman–Crippen MR) is 93.1 cm³/mol. The lowest BCUT2D eigenvalue weighted by atomic mass is 9.97. The standard InChI is InChI=1S/C21H16O3/c22-20(23)13-15-9-11-16(12-10-15)18-7-4-8-19(14-18)21(24)17-5-2-1-3-6-17/h1-12,14H,13H2,(H,22,23). The van der Waals surface area contributed by atoms with Crippen molar-refractivity contribution in [1.82, 2.24) is 0 Å². The van der Waals surface area contributed by atoms with E-state index < -0.39 is 5.97 Å². The van der Waals surface area contributed by atoms with Gasteiger partial charge in [-0.25, -0.2) is 0 Å². The van der Waals surface area contributed by atoms with E-state index in [1.807, 2.05) is 48.5 Å². The van der Waals surface area contributed by atoms with Gasteiger partial charge in [0.15, 0.2) is 5.78 Å². The van der Waals surface area contributed by atoms with Gasteiger partial charge >= 0.3 is 5.97 Å². The van der Waals surface area contributed by atoms with E-state index in [0.29, 0.717) is 11.1 Å². The Hall–Kier alpha value is -3.20. The lowest BCUT2D eigenvalue weighted by molar-refractivity contribution is -0.136. The molecule has 0 atom stereocenters. The Balaban J connectivity index is 1.88. The molecule has 24 heavy (non-hydrogen) atoms. The van der Waals surface area contributed by atoms with Crippen molar-refractivity contribution in [3.8, 4) is 11.1 Å². The Morgan fingerprint density at radius 1 is 0.708 bits per heavy atom. The van der Waals surface area contributed by atoms with Gasteiger partial charge in [0.2, 0.25) is 0 Å². The van der Waals surface area contributed by atoms with Crippen LogP contribution in [0.5, 0.6) is 0 Å². The van der Waals surface area contributed by atoms with Crippen LogP contribution in [0.3, 0.4) is 0 Å². The van der Waals surface area contributed by atoms with Crippen molar-refractivity contribution in [2.24, 2.45) is 0 Å². The number of carbonyl (C=O) groups is 2. The van der Waals surface area contributed by atoms with Gasteiger partial charge in [0.05, 0.1) is 6.42 Å². The van der Waals surface area contributed by atoms with Crippen LogP contribution in [0.2, 0.25) is 0 Å². The van der Waals surface area contributed by atoms with Crippen molar-refractivity contribution in [3.05, 3.63) is 95.6 Å². The van der Waals surface area contributed by atoms with E-state index >= 15 is 0 Å². The van der Waals surface area contributed by atoms with E-state index in [4.69, 9.17) is 5.11 Å². The molecule has 0 aromatic heterocycles. The van der Waals surface area contributed by atoms with Gasteiger partial charge in [0, 0.05) is 11.1 Å². The fraction of sp³-hybridized carbons (Fsp3) is 0.0476. The van der Waals surface area contributed by atoms with E-state index in [2.05, 4.69) is 0 Å². The number of benzene rings is 3. The minimum atomic E-state index is -0.849. The van der Waals surface area contributed by atoms with Crippen LogP contribution in [0.1, 0.15) is 21.5 Å². The van der Waals surface area contributed by atoms with Gasteiger partial charge in [0.1, 0.15) is 0 Å². The molecule has 0 aliphatic carbocycles. The molecular formula is C21H16O3. The van der Waals surface area contributed by atoms with Gasteiger partial charge in [0.25, 0.3) is 0 Å². The maximum absolute atomic E-state index is 12.5. The molecule has 0 heterocycles. The number of hydrogen-bond acceptors (Lipinski definition) is 2. The van der Waals surface area contributed by atoms with Crippen LogP contribution < -0.4 is 0 Å². The van der Waals surface area contributed by atoms with Crippen LogP contribution >= 0.6 is 0 Å². The van der Waals surface area contributed by atoms with E-state index in [1.165, 1.54) is 0 Å². The van der Waals surface area contributed by atoms with Gasteiger partial charge in [-0.3, -0.25) is 9.59 Å². The SMILES string of the molecule is O=C(O)Cc1ccc(-c2cccc(C(=O)c3ccccc3)c2)cc1. The molecule has 118 valence electrons. The Morgan fingerprint density at radius 2 is 1.38 bits per heavy atom. The summed E-state index contributed by atoms with van der Waals surface area (Å²) in [5.74, 6) is -0.863. The number of carbonyl (C=O) groups excluding carboxylic acids is 1. The third-order valence-corrected chi connectivity index (χ3v) is 3.80. The van der Waals surface area contributed by atoms with Crippen LogP contribution in [0, 0.1) is 0 Å². The first-order valence-corrected chi connectivity index (χ1v) is 7.64. The zero-order valence-corrected chi connectivity index (χ0v) is 13.0. The predicted octanol–water partition coefficient (Wildman–Crippen LogP) is 4.21. The summed E-state index contributed by atoms with van der Waals surface area (Å²) in [6.07, 6.45) is 0.00676. The Kier molecular flexibility index (Phi) is 4.52. The average molecular weight is 316 g/mol. The van der Waals surface area contributed by atoms with Crippen molar-refractivity contribution in [2.45, 2.75) is 6.42 Å². The van der Waals surface area contributed by atoms with Crippen molar-refractivity contribution in [3.63, 3.8) is 0 Å². The van der Waals surface area contributed by atoms with Gasteiger partial charge in [-0.15, -0.1) is 0 Å². The first-order chi connectivity index (χ1) is 11.6. The Morgan fingerprint density at radius 3 is 2.04 bits per heavy atom. The molecule has 3 heteroatoms. The van der Waals surface area contributed by atoms with Gasteiger partial charge in [-0.2, -0.15) is 0 Å². The fourth-order valence-electron chi connectivity index (χ4n) is 2.59. The number of aliphatic carboxylic acids is 1. The number of ketones is 1. The third-order valence-electron chi connectivity index (χ3n) is 3.80. The average Bonchev–Trinajstić information content (AvgIpc) is 2.62. The van der Waals surface area contributed by atoms with Gasteiger partial charge < -0.3 is 5.11 Å². The minimum absolute atomic E-state index is 0.00676. The molecule has 0 fully saturated rings.